The number of esters is 1. The maximum atomic E-state index is 13.0. The van der Waals surface area contributed by atoms with Crippen LogP contribution < -0.4 is 5.32 Å². The maximum absolute atomic E-state index is 13.0. The fourth-order valence-electron chi connectivity index (χ4n) is 3.39. The zero-order valence-electron chi connectivity index (χ0n) is 17.5. The third-order valence-corrected chi connectivity index (χ3v) is 4.96. The van der Waals surface area contributed by atoms with Gasteiger partial charge in [-0.2, -0.15) is 5.26 Å². The van der Waals surface area contributed by atoms with E-state index in [0.29, 0.717) is 5.56 Å². The highest BCUT2D eigenvalue weighted by Crippen LogP contribution is 2.30. The molecule has 4 heteroatoms. The summed E-state index contributed by atoms with van der Waals surface area (Å²) >= 11 is 0. The second-order valence-corrected chi connectivity index (χ2v) is 7.69. The van der Waals surface area contributed by atoms with Crippen molar-refractivity contribution in [1.82, 2.24) is 0 Å². The molecule has 0 amide bonds. The summed E-state index contributed by atoms with van der Waals surface area (Å²) in [5.41, 5.74) is 4.44. The molecular formula is C26H26N2O2. The topological polar surface area (TPSA) is 62.1 Å². The zero-order chi connectivity index (χ0) is 21.5. The van der Waals surface area contributed by atoms with Gasteiger partial charge < -0.3 is 10.1 Å². The maximum Gasteiger partial charge on any atom is 0.315 e. The highest BCUT2D eigenvalue weighted by Gasteiger charge is 2.28. The number of benzene rings is 3. The number of nitrogens with one attached hydrogen (secondary N) is 1. The van der Waals surface area contributed by atoms with Gasteiger partial charge in [-0.1, -0.05) is 74.0 Å². The van der Waals surface area contributed by atoms with E-state index in [0.717, 1.165) is 22.5 Å². The van der Waals surface area contributed by atoms with E-state index >= 15 is 0 Å². The van der Waals surface area contributed by atoms with Gasteiger partial charge >= 0.3 is 5.97 Å². The standard InChI is InChI=1S/C26H26N2O2/c1-18(2)25(20-14-12-19(3)13-15-20)26(29)30-24(17-27)21-8-7-11-23(16-21)28-22-9-5-4-6-10-22/h4-16,18,24-25,28H,1-3H3. The van der Waals surface area contributed by atoms with Gasteiger partial charge in [0.05, 0.1) is 5.92 Å². The number of nitriles is 1. The second-order valence-electron chi connectivity index (χ2n) is 7.69. The lowest BCUT2D eigenvalue weighted by atomic mass is 9.88. The minimum absolute atomic E-state index is 0.0469. The summed E-state index contributed by atoms with van der Waals surface area (Å²) in [4.78, 5) is 13.0. The van der Waals surface area contributed by atoms with Crippen molar-refractivity contribution in [3.63, 3.8) is 0 Å². The van der Waals surface area contributed by atoms with Crippen LogP contribution >= 0.6 is 0 Å². The number of carbonyl (C=O) groups is 1. The third-order valence-electron chi connectivity index (χ3n) is 4.96. The molecule has 0 aliphatic carbocycles. The van der Waals surface area contributed by atoms with Gasteiger partial charge in [0.15, 0.2) is 0 Å². The molecule has 30 heavy (non-hydrogen) atoms. The van der Waals surface area contributed by atoms with Gasteiger partial charge in [-0.05, 0) is 42.7 Å². The van der Waals surface area contributed by atoms with Crippen LogP contribution in [0.3, 0.4) is 0 Å². The molecule has 0 aromatic heterocycles. The number of hydrogen-bond donors (Lipinski definition) is 1. The molecule has 4 nitrogen and oxygen atoms in total. The van der Waals surface area contributed by atoms with Crippen molar-refractivity contribution in [2.24, 2.45) is 5.92 Å². The largest absolute Gasteiger partial charge is 0.441 e. The van der Waals surface area contributed by atoms with Crippen LogP contribution in [0, 0.1) is 24.2 Å². The number of nitrogens with zero attached hydrogens (tertiary/aromatic N) is 1. The Morgan fingerprint density at radius 3 is 2.20 bits per heavy atom. The monoisotopic (exact) mass is 398 g/mol. The van der Waals surface area contributed by atoms with Gasteiger partial charge in [0.2, 0.25) is 6.10 Å². The Balaban J connectivity index is 1.78. The fraction of sp³-hybridized carbons (Fsp3) is 0.231. The highest BCUT2D eigenvalue weighted by atomic mass is 16.5. The summed E-state index contributed by atoms with van der Waals surface area (Å²) in [5, 5.41) is 13.0. The normalized spacial score (nSPS) is 12.6. The van der Waals surface area contributed by atoms with E-state index in [2.05, 4.69) is 11.4 Å². The Kier molecular flexibility index (Phi) is 6.87. The van der Waals surface area contributed by atoms with Crippen LogP contribution in [0.2, 0.25) is 0 Å². The van der Waals surface area contributed by atoms with E-state index in [1.165, 1.54) is 0 Å². The Bertz CT molecular complexity index is 1020. The van der Waals surface area contributed by atoms with Gasteiger partial charge in [0.25, 0.3) is 0 Å². The molecule has 0 radical (unpaired) electrons. The number of anilines is 2. The van der Waals surface area contributed by atoms with Crippen LogP contribution in [0.1, 0.15) is 42.6 Å². The molecule has 0 heterocycles. The van der Waals surface area contributed by atoms with Crippen LogP contribution in [-0.4, -0.2) is 5.97 Å². The molecule has 152 valence electrons. The molecule has 0 saturated carbocycles. The van der Waals surface area contributed by atoms with Crippen molar-refractivity contribution in [3.8, 4) is 6.07 Å². The smallest absolute Gasteiger partial charge is 0.315 e. The van der Waals surface area contributed by atoms with Gasteiger partial charge in [-0.15, -0.1) is 0 Å². The average molecular weight is 399 g/mol. The lowest BCUT2D eigenvalue weighted by Crippen LogP contribution is -2.22. The fourth-order valence-corrected chi connectivity index (χ4v) is 3.39. The van der Waals surface area contributed by atoms with Crippen molar-refractivity contribution < 1.29 is 9.53 Å². The number of para-hydroxylation sites is 1. The van der Waals surface area contributed by atoms with Gasteiger partial charge in [0, 0.05) is 16.9 Å². The van der Waals surface area contributed by atoms with E-state index in [-0.39, 0.29) is 11.9 Å². The minimum Gasteiger partial charge on any atom is -0.441 e. The first kappa shape index (κ1) is 21.1. The number of carbonyl (C=O) groups excluding carboxylic acids is 1. The molecule has 3 aromatic carbocycles. The van der Waals surface area contributed by atoms with Crippen molar-refractivity contribution in [3.05, 3.63) is 95.6 Å². The molecule has 2 unspecified atom stereocenters. The van der Waals surface area contributed by atoms with Crippen molar-refractivity contribution in [1.29, 1.82) is 5.26 Å². The summed E-state index contributed by atoms with van der Waals surface area (Å²) in [6, 6.07) is 27.2. The second kappa shape index (κ2) is 9.76. The number of hydrogen-bond acceptors (Lipinski definition) is 4. The first-order chi connectivity index (χ1) is 14.5. The Morgan fingerprint density at radius 2 is 1.57 bits per heavy atom. The quantitative estimate of drug-likeness (QED) is 0.475. The van der Waals surface area contributed by atoms with Crippen LogP contribution in [0.5, 0.6) is 0 Å². The minimum atomic E-state index is -0.971. The summed E-state index contributed by atoms with van der Waals surface area (Å²) in [6.45, 7) is 5.98. The van der Waals surface area contributed by atoms with E-state index in [4.69, 9.17) is 4.74 Å². The SMILES string of the molecule is Cc1ccc(C(C(=O)OC(C#N)c2cccc(Nc3ccccc3)c2)C(C)C)cc1. The highest BCUT2D eigenvalue weighted by molar-refractivity contribution is 5.79. The van der Waals surface area contributed by atoms with E-state index in [9.17, 15) is 10.1 Å². The summed E-state index contributed by atoms with van der Waals surface area (Å²) < 4.78 is 5.67. The lowest BCUT2D eigenvalue weighted by Gasteiger charge is -2.22. The number of aryl methyl sites for hydroxylation is 1. The molecule has 3 rings (SSSR count). The van der Waals surface area contributed by atoms with Crippen LogP contribution in [0.15, 0.2) is 78.9 Å². The molecule has 0 spiro atoms. The van der Waals surface area contributed by atoms with Gasteiger partial charge in [-0.3, -0.25) is 4.79 Å². The zero-order valence-corrected chi connectivity index (χ0v) is 17.5. The Labute approximate surface area is 178 Å². The van der Waals surface area contributed by atoms with Crippen molar-refractivity contribution in [2.75, 3.05) is 5.32 Å². The summed E-state index contributed by atoms with van der Waals surface area (Å²) in [5.74, 6) is -0.764. The van der Waals surface area contributed by atoms with Gasteiger partial charge in [-0.25, -0.2) is 0 Å². The Morgan fingerprint density at radius 1 is 0.900 bits per heavy atom. The molecule has 3 aromatic rings. The third kappa shape index (κ3) is 5.27. The summed E-state index contributed by atoms with van der Waals surface area (Å²) in [7, 11) is 0. The molecule has 0 aliphatic heterocycles. The van der Waals surface area contributed by atoms with Crippen LogP contribution in [0.4, 0.5) is 11.4 Å². The molecular weight excluding hydrogens is 372 g/mol. The lowest BCUT2D eigenvalue weighted by molar-refractivity contribution is -0.150. The average Bonchev–Trinajstić information content (AvgIpc) is 2.74. The molecule has 2 atom stereocenters. The predicted octanol–water partition coefficient (Wildman–Crippen LogP) is 6.29. The van der Waals surface area contributed by atoms with Gasteiger partial charge in [0.1, 0.15) is 6.07 Å². The predicted molar refractivity (Wildman–Crippen MR) is 119 cm³/mol. The molecule has 0 aliphatic rings. The van der Waals surface area contributed by atoms with Crippen molar-refractivity contribution in [2.45, 2.75) is 32.8 Å². The Hall–Kier alpha value is -3.58. The first-order valence-electron chi connectivity index (χ1n) is 10.1. The van der Waals surface area contributed by atoms with Crippen LogP contribution in [0.25, 0.3) is 0 Å². The van der Waals surface area contributed by atoms with E-state index in [1.807, 2.05) is 93.6 Å². The van der Waals surface area contributed by atoms with Crippen LogP contribution in [-0.2, 0) is 9.53 Å². The van der Waals surface area contributed by atoms with Crippen molar-refractivity contribution >= 4 is 17.3 Å². The molecule has 0 saturated heterocycles. The molecule has 0 bridgehead atoms. The number of rotatable bonds is 7. The molecule has 0 fully saturated rings. The first-order valence-corrected chi connectivity index (χ1v) is 10.1. The number of ether oxygens (including phenoxy) is 1. The summed E-state index contributed by atoms with van der Waals surface area (Å²) in [6.07, 6.45) is -0.971. The molecule has 1 N–H and O–H groups in total. The van der Waals surface area contributed by atoms with E-state index in [1.54, 1.807) is 6.07 Å². The van der Waals surface area contributed by atoms with E-state index < -0.39 is 12.0 Å².